The van der Waals surface area contributed by atoms with Gasteiger partial charge in [0.05, 0.1) is 14.1 Å². The van der Waals surface area contributed by atoms with Gasteiger partial charge in [-0.15, -0.1) is 0 Å². The minimum Gasteiger partial charge on any atom is -0.394 e. The zero-order valence-electron chi connectivity index (χ0n) is 12.3. The van der Waals surface area contributed by atoms with Gasteiger partial charge in [0.25, 0.3) is 5.56 Å². The molecule has 3 N–H and O–H groups in total. The van der Waals surface area contributed by atoms with E-state index in [9.17, 15) is 19.8 Å². The van der Waals surface area contributed by atoms with Crippen LogP contribution in [0, 0.1) is 19.3 Å². The first-order chi connectivity index (χ1) is 9.76. The lowest BCUT2D eigenvalue weighted by molar-refractivity contribution is -0.0499. The van der Waals surface area contributed by atoms with Crippen molar-refractivity contribution in [2.75, 3.05) is 6.61 Å². The highest BCUT2D eigenvalue weighted by molar-refractivity contribution is 5.18. The monoisotopic (exact) mass is 283 g/mol. The number of aliphatic hydroxyl groups excluding tert-OH is 1. The third-order valence-corrected chi connectivity index (χ3v) is 4.45. The van der Waals surface area contributed by atoms with Gasteiger partial charge in [-0.1, -0.05) is 0 Å². The Balaban J connectivity index is 2.17. The van der Waals surface area contributed by atoms with E-state index < -0.39 is 41.7 Å². The number of aliphatic hydroxyl groups is 2. The number of aromatic amines is 1. The second kappa shape index (κ2) is 4.28. The quantitative estimate of drug-likeness (QED) is 0.658. The molecule has 2 heterocycles. The molecule has 1 saturated carbocycles. The maximum absolute atomic E-state index is 12.1. The van der Waals surface area contributed by atoms with Gasteiger partial charge in [-0.2, -0.15) is 0 Å². The highest BCUT2D eigenvalue weighted by Crippen LogP contribution is 2.62. The number of nitrogens with one attached hydrogen (secondary N) is 1. The fourth-order valence-corrected chi connectivity index (χ4v) is 2.90. The van der Waals surface area contributed by atoms with Gasteiger partial charge in [-0.05, 0) is 26.7 Å². The minimum absolute atomic E-state index is 0.384. The molecule has 0 radical (unpaired) electrons. The first-order valence-corrected chi connectivity index (χ1v) is 6.57. The van der Waals surface area contributed by atoms with Crippen LogP contribution in [-0.4, -0.2) is 38.6 Å². The molecule has 110 valence electrons. The smallest absolute Gasteiger partial charge is 0.330 e. The summed E-state index contributed by atoms with van der Waals surface area (Å²) >= 11 is 0. The summed E-state index contributed by atoms with van der Waals surface area (Å²) in [6.45, 7) is 2.71. The molecule has 0 aromatic carbocycles. The summed E-state index contributed by atoms with van der Waals surface area (Å²) in [5, 5.41) is 19.7. The van der Waals surface area contributed by atoms with Crippen molar-refractivity contribution >= 4 is 0 Å². The summed E-state index contributed by atoms with van der Waals surface area (Å²) in [6, 6.07) is 0. The van der Waals surface area contributed by atoms with Crippen LogP contribution in [0.2, 0.25) is 0 Å². The van der Waals surface area contributed by atoms with E-state index in [4.69, 9.17) is 6.11 Å². The van der Waals surface area contributed by atoms with E-state index in [-0.39, 0.29) is 0 Å². The Morgan fingerprint density at radius 2 is 2.15 bits per heavy atom. The predicted octanol–water partition coefficient (Wildman–Crippen LogP) is -0.816. The zero-order valence-corrected chi connectivity index (χ0v) is 11.3. The molecule has 1 saturated heterocycles. The normalized spacial score (nSPS) is 35.3. The van der Waals surface area contributed by atoms with Crippen molar-refractivity contribution in [3.05, 3.63) is 32.1 Å². The second-order valence-corrected chi connectivity index (χ2v) is 5.54. The van der Waals surface area contributed by atoms with E-state index in [1.165, 1.54) is 4.57 Å². The van der Waals surface area contributed by atoms with Gasteiger partial charge in [-0.3, -0.25) is 14.3 Å². The Hall–Kier alpha value is -1.44. The molecule has 1 aromatic rings. The molecule has 0 unspecified atom stereocenters. The van der Waals surface area contributed by atoms with Crippen LogP contribution in [0.3, 0.4) is 0 Å². The maximum atomic E-state index is 12.1. The SMILES string of the molecule is [2H][C@@]1(O)[C@@H](CO)O[C@@H](n2c(C)c(C)c(=O)[nH]c2=O)C12CC2. The lowest BCUT2D eigenvalue weighted by Crippen LogP contribution is -2.39. The van der Waals surface area contributed by atoms with E-state index >= 15 is 0 Å². The van der Waals surface area contributed by atoms with Gasteiger partial charge in [0.15, 0.2) is 0 Å². The lowest BCUT2D eigenvalue weighted by Gasteiger charge is -2.23. The summed E-state index contributed by atoms with van der Waals surface area (Å²) in [7, 11) is 0. The summed E-state index contributed by atoms with van der Waals surface area (Å²) in [5.41, 5.74) is -1.19. The third kappa shape index (κ3) is 1.63. The molecule has 1 aliphatic heterocycles. The topological polar surface area (TPSA) is 105 Å². The molecule has 3 atom stereocenters. The third-order valence-electron chi connectivity index (χ3n) is 4.45. The van der Waals surface area contributed by atoms with Crippen molar-refractivity contribution in [1.82, 2.24) is 9.55 Å². The number of ether oxygens (including phenoxy) is 1. The number of aromatic nitrogens is 2. The van der Waals surface area contributed by atoms with E-state index in [0.29, 0.717) is 24.1 Å². The van der Waals surface area contributed by atoms with Gasteiger partial charge in [0.2, 0.25) is 0 Å². The maximum Gasteiger partial charge on any atom is 0.330 e. The molecule has 1 spiro atoms. The second-order valence-electron chi connectivity index (χ2n) is 5.54. The van der Waals surface area contributed by atoms with Crippen molar-refractivity contribution in [3.63, 3.8) is 0 Å². The van der Waals surface area contributed by atoms with Crippen LogP contribution in [0.4, 0.5) is 0 Å². The van der Waals surface area contributed by atoms with Crippen molar-refractivity contribution in [1.29, 1.82) is 0 Å². The number of H-pyrrole nitrogens is 1. The Morgan fingerprint density at radius 1 is 1.50 bits per heavy atom. The van der Waals surface area contributed by atoms with Crippen molar-refractivity contribution in [2.24, 2.45) is 5.41 Å². The average molecular weight is 283 g/mol. The van der Waals surface area contributed by atoms with Crippen LogP contribution in [0.1, 0.15) is 31.7 Å². The molecular formula is C13H18N2O5. The van der Waals surface area contributed by atoms with Gasteiger partial charge < -0.3 is 14.9 Å². The van der Waals surface area contributed by atoms with Crippen LogP contribution < -0.4 is 11.2 Å². The van der Waals surface area contributed by atoms with E-state index in [2.05, 4.69) is 4.98 Å². The Morgan fingerprint density at radius 3 is 2.70 bits per heavy atom. The van der Waals surface area contributed by atoms with Gasteiger partial charge >= 0.3 is 5.69 Å². The van der Waals surface area contributed by atoms with Crippen molar-refractivity contribution in [3.8, 4) is 0 Å². The Kier molecular flexibility index (Phi) is 2.63. The van der Waals surface area contributed by atoms with Gasteiger partial charge in [-0.25, -0.2) is 4.79 Å². The minimum atomic E-state index is -1.96. The fourth-order valence-electron chi connectivity index (χ4n) is 2.90. The number of nitrogens with zero attached hydrogens (tertiary/aromatic N) is 1. The van der Waals surface area contributed by atoms with E-state index in [0.717, 1.165) is 0 Å². The number of hydrogen-bond acceptors (Lipinski definition) is 5. The Labute approximate surface area is 116 Å². The van der Waals surface area contributed by atoms with Gasteiger partial charge in [0, 0.05) is 16.7 Å². The van der Waals surface area contributed by atoms with Crippen molar-refractivity contribution in [2.45, 2.75) is 45.1 Å². The number of hydrogen-bond donors (Lipinski definition) is 3. The summed E-state index contributed by atoms with van der Waals surface area (Å²) in [4.78, 5) is 26.0. The molecular weight excluding hydrogens is 264 g/mol. The standard InChI is InChI=1S/C13H18N2O5/c1-6-7(2)15(12(19)14-10(6)18)11-13(3-4-13)9(17)8(5-16)20-11/h8-9,11,16-17H,3-5H2,1-2H3,(H,14,18,19)/t8-,9-,11-/m1/s1/i9D. The molecule has 20 heavy (non-hydrogen) atoms. The molecule has 1 aromatic heterocycles. The molecule has 1 aliphatic carbocycles. The highest BCUT2D eigenvalue weighted by Gasteiger charge is 2.64. The molecule has 2 aliphatic rings. The zero-order chi connectivity index (χ0) is 15.6. The summed E-state index contributed by atoms with van der Waals surface area (Å²) in [6.07, 6.45) is -2.84. The summed E-state index contributed by atoms with van der Waals surface area (Å²) in [5.74, 6) is 0. The van der Waals surface area contributed by atoms with Crippen LogP contribution in [0.15, 0.2) is 9.59 Å². The highest BCUT2D eigenvalue weighted by atomic mass is 16.5. The molecule has 7 heteroatoms. The van der Waals surface area contributed by atoms with Crippen LogP contribution in [0.5, 0.6) is 0 Å². The molecule has 0 amide bonds. The van der Waals surface area contributed by atoms with E-state index in [1.807, 2.05) is 0 Å². The molecule has 2 fully saturated rings. The van der Waals surface area contributed by atoms with Gasteiger partial charge in [0.1, 0.15) is 12.3 Å². The lowest BCUT2D eigenvalue weighted by atomic mass is 9.96. The molecule has 3 rings (SSSR count). The predicted molar refractivity (Wildman–Crippen MR) is 69.5 cm³/mol. The van der Waals surface area contributed by atoms with Crippen LogP contribution in [0.25, 0.3) is 0 Å². The average Bonchev–Trinajstić information content (AvgIpc) is 3.17. The largest absolute Gasteiger partial charge is 0.394 e. The van der Waals surface area contributed by atoms with Crippen LogP contribution >= 0.6 is 0 Å². The van der Waals surface area contributed by atoms with E-state index in [1.54, 1.807) is 13.8 Å². The fraction of sp³-hybridized carbons (Fsp3) is 0.692. The number of rotatable bonds is 2. The summed E-state index contributed by atoms with van der Waals surface area (Å²) < 4.78 is 15.0. The molecule has 7 nitrogen and oxygen atoms in total. The first kappa shape index (κ1) is 12.3. The Bertz CT molecular complexity index is 703. The van der Waals surface area contributed by atoms with Crippen molar-refractivity contribution < 1.29 is 16.3 Å². The molecule has 0 bridgehead atoms. The first-order valence-electron chi connectivity index (χ1n) is 7.07. The van der Waals surface area contributed by atoms with Crippen LogP contribution in [-0.2, 0) is 4.74 Å².